The van der Waals surface area contributed by atoms with Crippen molar-refractivity contribution in [1.29, 1.82) is 5.26 Å². The standard InChI is InChI=1S/C20H26N6O2S/c1-2-29(27,28)13-7-18-24-17-14-23-20-16(4-9-22-20)19(17)26(18)15-5-11-25(12-6-15)10-3-8-21/h4,9,14-15H,2-3,5-7,10-13H2,1H3,(H,22,23). The second-order valence-electron chi connectivity index (χ2n) is 7.60. The monoisotopic (exact) mass is 414 g/mol. The Bertz CT molecular complexity index is 1150. The maximum Gasteiger partial charge on any atom is 0.150 e. The number of fused-ring (bicyclic) bond motifs is 3. The van der Waals surface area contributed by atoms with Gasteiger partial charge in [-0.2, -0.15) is 5.26 Å². The molecule has 3 aromatic heterocycles. The Hall–Kier alpha value is -2.44. The molecule has 29 heavy (non-hydrogen) atoms. The third-order valence-corrected chi connectivity index (χ3v) is 7.55. The zero-order valence-corrected chi connectivity index (χ0v) is 17.5. The molecular formula is C20H26N6O2S. The van der Waals surface area contributed by atoms with Gasteiger partial charge in [-0.25, -0.2) is 18.4 Å². The zero-order chi connectivity index (χ0) is 20.4. The first-order valence-corrected chi connectivity index (χ1v) is 12.0. The van der Waals surface area contributed by atoms with E-state index in [0.717, 1.165) is 60.4 Å². The van der Waals surface area contributed by atoms with Crippen LogP contribution in [0.3, 0.4) is 0 Å². The number of piperidine rings is 1. The van der Waals surface area contributed by atoms with Gasteiger partial charge in [0, 0.05) is 55.9 Å². The van der Waals surface area contributed by atoms with Crippen LogP contribution in [-0.4, -0.2) is 64.0 Å². The Labute approximate surface area is 170 Å². The summed E-state index contributed by atoms with van der Waals surface area (Å²) in [6.45, 7) is 4.35. The lowest BCUT2D eigenvalue weighted by Gasteiger charge is -2.33. The lowest BCUT2D eigenvalue weighted by molar-refractivity contribution is 0.190. The third kappa shape index (κ3) is 4.00. The van der Waals surface area contributed by atoms with E-state index >= 15 is 0 Å². The number of nitriles is 1. The summed E-state index contributed by atoms with van der Waals surface area (Å²) in [7, 11) is -3.07. The van der Waals surface area contributed by atoms with Crippen LogP contribution < -0.4 is 0 Å². The van der Waals surface area contributed by atoms with Gasteiger partial charge < -0.3 is 14.5 Å². The fraction of sp³-hybridized carbons (Fsp3) is 0.550. The molecular weight excluding hydrogens is 388 g/mol. The lowest BCUT2D eigenvalue weighted by atomic mass is 10.0. The van der Waals surface area contributed by atoms with Gasteiger partial charge in [0.25, 0.3) is 0 Å². The van der Waals surface area contributed by atoms with Crippen molar-refractivity contribution in [3.8, 4) is 6.07 Å². The van der Waals surface area contributed by atoms with Crippen LogP contribution in [-0.2, 0) is 16.3 Å². The number of sulfone groups is 1. The van der Waals surface area contributed by atoms with Gasteiger partial charge in [-0.05, 0) is 18.9 Å². The molecule has 1 aliphatic heterocycles. The number of aryl methyl sites for hydroxylation is 1. The Morgan fingerprint density at radius 2 is 2.14 bits per heavy atom. The summed E-state index contributed by atoms with van der Waals surface area (Å²) >= 11 is 0. The summed E-state index contributed by atoms with van der Waals surface area (Å²) in [4.78, 5) is 14.7. The van der Waals surface area contributed by atoms with E-state index in [1.807, 2.05) is 12.3 Å². The molecule has 1 aliphatic rings. The van der Waals surface area contributed by atoms with Crippen molar-refractivity contribution in [1.82, 2.24) is 24.4 Å². The van der Waals surface area contributed by atoms with E-state index in [1.165, 1.54) is 0 Å². The number of hydrogen-bond acceptors (Lipinski definition) is 6. The average molecular weight is 415 g/mol. The molecule has 1 fully saturated rings. The highest BCUT2D eigenvalue weighted by atomic mass is 32.2. The second-order valence-corrected chi connectivity index (χ2v) is 10.1. The van der Waals surface area contributed by atoms with Crippen molar-refractivity contribution < 1.29 is 8.42 Å². The first kappa shape index (κ1) is 19.9. The van der Waals surface area contributed by atoms with E-state index in [-0.39, 0.29) is 17.5 Å². The Morgan fingerprint density at radius 1 is 1.34 bits per heavy atom. The Balaban J connectivity index is 1.71. The van der Waals surface area contributed by atoms with Crippen molar-refractivity contribution in [2.24, 2.45) is 0 Å². The minimum Gasteiger partial charge on any atom is -0.346 e. The van der Waals surface area contributed by atoms with Crippen molar-refractivity contribution in [3.63, 3.8) is 0 Å². The fourth-order valence-electron chi connectivity index (χ4n) is 4.21. The first-order valence-electron chi connectivity index (χ1n) is 10.1. The van der Waals surface area contributed by atoms with E-state index < -0.39 is 9.84 Å². The van der Waals surface area contributed by atoms with Crippen LogP contribution in [0.4, 0.5) is 0 Å². The Morgan fingerprint density at radius 3 is 2.86 bits per heavy atom. The Kier molecular flexibility index (Phi) is 5.56. The van der Waals surface area contributed by atoms with Crippen LogP contribution >= 0.6 is 0 Å². The summed E-state index contributed by atoms with van der Waals surface area (Å²) in [5.41, 5.74) is 2.67. The zero-order valence-electron chi connectivity index (χ0n) is 16.6. The van der Waals surface area contributed by atoms with Crippen molar-refractivity contribution >= 4 is 31.9 Å². The minimum atomic E-state index is -3.07. The quantitative estimate of drug-likeness (QED) is 0.636. The van der Waals surface area contributed by atoms with Gasteiger partial charge in [0.2, 0.25) is 0 Å². The number of aromatic nitrogens is 4. The maximum atomic E-state index is 12.1. The third-order valence-electron chi connectivity index (χ3n) is 5.85. The SMILES string of the molecule is CCS(=O)(=O)CCc1nc2cnc3[nH]ccc3c2n1C1CCN(CCC#N)CC1. The predicted octanol–water partition coefficient (Wildman–Crippen LogP) is 2.44. The number of hydrogen-bond donors (Lipinski definition) is 1. The molecule has 154 valence electrons. The van der Waals surface area contributed by atoms with Crippen molar-refractivity contribution in [2.45, 2.75) is 38.6 Å². The van der Waals surface area contributed by atoms with Crippen LogP contribution in [0.5, 0.6) is 0 Å². The normalized spacial score (nSPS) is 16.6. The molecule has 1 saturated heterocycles. The predicted molar refractivity (Wildman–Crippen MR) is 112 cm³/mol. The van der Waals surface area contributed by atoms with Gasteiger partial charge in [-0.1, -0.05) is 6.92 Å². The molecule has 0 aromatic carbocycles. The summed E-state index contributed by atoms with van der Waals surface area (Å²) in [6.07, 6.45) is 6.52. The van der Waals surface area contributed by atoms with E-state index in [2.05, 4.69) is 25.5 Å². The van der Waals surface area contributed by atoms with Crippen LogP contribution in [0.1, 0.15) is 38.1 Å². The molecule has 0 spiro atoms. The first-order chi connectivity index (χ1) is 14.0. The van der Waals surface area contributed by atoms with Gasteiger partial charge in [-0.3, -0.25) is 0 Å². The van der Waals surface area contributed by atoms with Gasteiger partial charge in [0.1, 0.15) is 26.8 Å². The van der Waals surface area contributed by atoms with E-state index in [9.17, 15) is 8.42 Å². The lowest BCUT2D eigenvalue weighted by Crippen LogP contribution is -2.35. The molecule has 0 saturated carbocycles. The number of rotatable bonds is 7. The summed E-state index contributed by atoms with van der Waals surface area (Å²) in [6, 6.07) is 4.49. The molecule has 0 radical (unpaired) electrons. The van der Waals surface area contributed by atoms with Crippen LogP contribution in [0.25, 0.3) is 22.1 Å². The molecule has 1 N–H and O–H groups in total. The maximum absolute atomic E-state index is 12.1. The van der Waals surface area contributed by atoms with Gasteiger partial charge in [-0.15, -0.1) is 0 Å². The molecule has 8 nitrogen and oxygen atoms in total. The van der Waals surface area contributed by atoms with E-state index in [4.69, 9.17) is 10.2 Å². The van der Waals surface area contributed by atoms with Crippen molar-refractivity contribution in [3.05, 3.63) is 24.3 Å². The van der Waals surface area contributed by atoms with Crippen LogP contribution in [0.15, 0.2) is 18.5 Å². The summed E-state index contributed by atoms with van der Waals surface area (Å²) < 4.78 is 26.5. The summed E-state index contributed by atoms with van der Waals surface area (Å²) in [5.74, 6) is 1.08. The molecule has 0 unspecified atom stereocenters. The molecule has 0 aliphatic carbocycles. The number of imidazole rings is 1. The summed E-state index contributed by atoms with van der Waals surface area (Å²) in [5, 5.41) is 9.85. The van der Waals surface area contributed by atoms with E-state index in [0.29, 0.717) is 12.8 Å². The molecule has 9 heteroatoms. The molecule has 4 rings (SSSR count). The topological polar surface area (TPSA) is 108 Å². The highest BCUT2D eigenvalue weighted by Gasteiger charge is 2.26. The largest absolute Gasteiger partial charge is 0.346 e. The molecule has 0 amide bonds. The molecule has 0 atom stereocenters. The number of aromatic amines is 1. The minimum absolute atomic E-state index is 0.109. The smallest absolute Gasteiger partial charge is 0.150 e. The van der Waals surface area contributed by atoms with E-state index in [1.54, 1.807) is 13.1 Å². The van der Waals surface area contributed by atoms with Crippen LogP contribution in [0.2, 0.25) is 0 Å². The van der Waals surface area contributed by atoms with Gasteiger partial charge in [0.15, 0.2) is 0 Å². The van der Waals surface area contributed by atoms with Crippen LogP contribution in [0, 0.1) is 11.3 Å². The highest BCUT2D eigenvalue weighted by Crippen LogP contribution is 2.32. The van der Waals surface area contributed by atoms with Gasteiger partial charge in [0.05, 0.1) is 23.5 Å². The average Bonchev–Trinajstić information content (AvgIpc) is 3.35. The fourth-order valence-corrected chi connectivity index (χ4v) is 4.99. The number of pyridine rings is 1. The molecule has 3 aromatic rings. The second kappa shape index (κ2) is 8.13. The molecule has 0 bridgehead atoms. The van der Waals surface area contributed by atoms with Gasteiger partial charge >= 0.3 is 0 Å². The number of nitrogens with one attached hydrogen (secondary N) is 1. The highest BCUT2D eigenvalue weighted by molar-refractivity contribution is 7.91. The number of nitrogens with zero attached hydrogens (tertiary/aromatic N) is 5. The molecule has 4 heterocycles. The van der Waals surface area contributed by atoms with Crippen molar-refractivity contribution in [2.75, 3.05) is 31.1 Å². The number of likely N-dealkylation sites (tertiary alicyclic amines) is 1. The number of H-pyrrole nitrogens is 1.